The zero-order valence-electron chi connectivity index (χ0n) is 13.0. The van der Waals surface area contributed by atoms with Gasteiger partial charge in [-0.1, -0.05) is 25.5 Å². The van der Waals surface area contributed by atoms with E-state index in [0.29, 0.717) is 11.4 Å². The smallest absolute Gasteiger partial charge is 0.243 e. The molecule has 1 fully saturated rings. The van der Waals surface area contributed by atoms with Crippen LogP contribution in [0.3, 0.4) is 0 Å². The molecule has 1 aliphatic rings. The van der Waals surface area contributed by atoms with Gasteiger partial charge in [0.05, 0.1) is 4.90 Å². The summed E-state index contributed by atoms with van der Waals surface area (Å²) >= 11 is 0. The van der Waals surface area contributed by atoms with E-state index >= 15 is 0 Å². The second-order valence-electron chi connectivity index (χ2n) is 5.66. The fraction of sp³-hybridized carbons (Fsp3) is 0.625. The Kier molecular flexibility index (Phi) is 5.79. The minimum Gasteiger partial charge on any atom is -0.320 e. The van der Waals surface area contributed by atoms with Gasteiger partial charge >= 0.3 is 0 Å². The normalized spacial score (nSPS) is 20.6. The van der Waals surface area contributed by atoms with Gasteiger partial charge in [0.2, 0.25) is 10.0 Å². The molecule has 1 atom stereocenters. The highest BCUT2D eigenvalue weighted by Gasteiger charge is 2.32. The number of hydrogen-bond acceptors (Lipinski definition) is 3. The number of rotatable bonds is 6. The van der Waals surface area contributed by atoms with E-state index in [4.69, 9.17) is 0 Å². The van der Waals surface area contributed by atoms with Crippen molar-refractivity contribution in [2.75, 3.05) is 20.1 Å². The van der Waals surface area contributed by atoms with E-state index in [1.54, 1.807) is 16.4 Å². The van der Waals surface area contributed by atoms with E-state index < -0.39 is 10.0 Å². The highest BCUT2D eigenvalue weighted by molar-refractivity contribution is 7.89. The molecule has 0 aliphatic carbocycles. The molecule has 118 valence electrons. The number of nitrogens with zero attached hydrogens (tertiary/aromatic N) is 1. The van der Waals surface area contributed by atoms with Gasteiger partial charge in [-0.3, -0.25) is 0 Å². The van der Waals surface area contributed by atoms with E-state index in [1.807, 2.05) is 19.2 Å². The molecule has 1 N–H and O–H groups in total. The average Bonchev–Trinajstić information content (AvgIpc) is 2.53. The monoisotopic (exact) mass is 310 g/mol. The summed E-state index contributed by atoms with van der Waals surface area (Å²) in [5.74, 6) is 0. The largest absolute Gasteiger partial charge is 0.320 e. The van der Waals surface area contributed by atoms with Crippen LogP contribution in [0, 0.1) is 0 Å². The van der Waals surface area contributed by atoms with Crippen LogP contribution in [0.2, 0.25) is 0 Å². The quantitative estimate of drug-likeness (QED) is 0.878. The van der Waals surface area contributed by atoms with Crippen LogP contribution in [-0.2, 0) is 16.4 Å². The molecule has 0 spiro atoms. The molecule has 2 rings (SSSR count). The van der Waals surface area contributed by atoms with Gasteiger partial charge < -0.3 is 5.32 Å². The van der Waals surface area contributed by atoms with Crippen LogP contribution in [0.4, 0.5) is 0 Å². The molecular formula is C16H26N2O2S. The van der Waals surface area contributed by atoms with Gasteiger partial charge in [-0.05, 0) is 57.0 Å². The van der Waals surface area contributed by atoms with Crippen LogP contribution in [-0.4, -0.2) is 38.9 Å². The first-order valence-electron chi connectivity index (χ1n) is 7.85. The van der Waals surface area contributed by atoms with Crippen LogP contribution in [0.15, 0.2) is 29.2 Å². The predicted octanol–water partition coefficient (Wildman–Crippen LogP) is 2.40. The Morgan fingerprint density at radius 3 is 2.57 bits per heavy atom. The van der Waals surface area contributed by atoms with Crippen molar-refractivity contribution in [2.45, 2.75) is 50.0 Å². The van der Waals surface area contributed by atoms with Crippen LogP contribution >= 0.6 is 0 Å². The molecule has 1 aliphatic heterocycles. The Balaban J connectivity index is 2.22. The maximum Gasteiger partial charge on any atom is 0.243 e. The molecule has 0 amide bonds. The fourth-order valence-corrected chi connectivity index (χ4v) is 4.65. The van der Waals surface area contributed by atoms with Gasteiger partial charge in [0.15, 0.2) is 0 Å². The van der Waals surface area contributed by atoms with Crippen molar-refractivity contribution in [1.29, 1.82) is 0 Å². The Bertz CT molecular complexity index is 540. The van der Waals surface area contributed by atoms with Crippen molar-refractivity contribution in [1.82, 2.24) is 9.62 Å². The predicted molar refractivity (Wildman–Crippen MR) is 85.9 cm³/mol. The molecule has 0 radical (unpaired) electrons. The molecule has 0 bridgehead atoms. The third-order valence-corrected chi connectivity index (χ3v) is 6.20. The molecule has 1 aromatic carbocycles. The van der Waals surface area contributed by atoms with Crippen molar-refractivity contribution in [3.05, 3.63) is 29.8 Å². The standard InChI is InChI=1S/C16H26N2O2S/c1-3-14-7-9-16(10-8-14)21(19,20)18-13-5-4-6-15(18)11-12-17-2/h7-10,15,17H,3-6,11-13H2,1-2H3. The number of benzene rings is 1. The third kappa shape index (κ3) is 3.84. The molecule has 0 saturated carbocycles. The molecule has 1 heterocycles. The average molecular weight is 310 g/mol. The first-order valence-corrected chi connectivity index (χ1v) is 9.29. The van der Waals surface area contributed by atoms with Crippen molar-refractivity contribution >= 4 is 10.0 Å². The summed E-state index contributed by atoms with van der Waals surface area (Å²) in [4.78, 5) is 0.427. The highest BCUT2D eigenvalue weighted by atomic mass is 32.2. The van der Waals surface area contributed by atoms with Crippen LogP contribution in [0.1, 0.15) is 38.2 Å². The summed E-state index contributed by atoms with van der Waals surface area (Å²) in [6.07, 6.45) is 4.85. The molecule has 1 saturated heterocycles. The summed E-state index contributed by atoms with van der Waals surface area (Å²) in [6.45, 7) is 3.57. The summed E-state index contributed by atoms with van der Waals surface area (Å²) in [7, 11) is -1.45. The zero-order chi connectivity index (χ0) is 15.3. The fourth-order valence-electron chi connectivity index (χ4n) is 2.92. The number of piperidine rings is 1. The zero-order valence-corrected chi connectivity index (χ0v) is 13.8. The molecule has 1 unspecified atom stereocenters. The maximum absolute atomic E-state index is 12.9. The van der Waals surface area contributed by atoms with Crippen molar-refractivity contribution in [3.8, 4) is 0 Å². The number of sulfonamides is 1. The minimum absolute atomic E-state index is 0.127. The topological polar surface area (TPSA) is 49.4 Å². The second-order valence-corrected chi connectivity index (χ2v) is 7.55. The van der Waals surface area contributed by atoms with Crippen LogP contribution in [0.5, 0.6) is 0 Å². The van der Waals surface area contributed by atoms with Gasteiger partial charge in [-0.25, -0.2) is 8.42 Å². The summed E-state index contributed by atoms with van der Waals surface area (Å²) in [5.41, 5.74) is 1.17. The van der Waals surface area contributed by atoms with Gasteiger partial charge in [0, 0.05) is 12.6 Å². The van der Waals surface area contributed by atoms with E-state index in [-0.39, 0.29) is 6.04 Å². The molecule has 4 nitrogen and oxygen atoms in total. The van der Waals surface area contributed by atoms with Crippen molar-refractivity contribution < 1.29 is 8.42 Å². The van der Waals surface area contributed by atoms with Gasteiger partial charge in [-0.2, -0.15) is 4.31 Å². The Labute approximate surface area is 128 Å². The van der Waals surface area contributed by atoms with Crippen molar-refractivity contribution in [2.24, 2.45) is 0 Å². The Morgan fingerprint density at radius 2 is 1.95 bits per heavy atom. The lowest BCUT2D eigenvalue weighted by molar-refractivity contribution is 0.240. The van der Waals surface area contributed by atoms with E-state index in [0.717, 1.165) is 38.6 Å². The number of hydrogen-bond donors (Lipinski definition) is 1. The third-order valence-electron chi connectivity index (χ3n) is 4.24. The molecular weight excluding hydrogens is 284 g/mol. The second kappa shape index (κ2) is 7.38. The first-order chi connectivity index (χ1) is 10.1. The Hall–Kier alpha value is -0.910. The van der Waals surface area contributed by atoms with Crippen molar-refractivity contribution in [3.63, 3.8) is 0 Å². The maximum atomic E-state index is 12.9. The van der Waals surface area contributed by atoms with E-state index in [1.165, 1.54) is 5.56 Å². The summed E-state index contributed by atoms with van der Waals surface area (Å²) < 4.78 is 27.4. The summed E-state index contributed by atoms with van der Waals surface area (Å²) in [5, 5.41) is 3.12. The lowest BCUT2D eigenvalue weighted by Gasteiger charge is -2.34. The van der Waals surface area contributed by atoms with Gasteiger partial charge in [0.25, 0.3) is 0 Å². The highest BCUT2D eigenvalue weighted by Crippen LogP contribution is 2.27. The first kappa shape index (κ1) is 16.5. The molecule has 1 aromatic rings. The molecule has 5 heteroatoms. The van der Waals surface area contributed by atoms with E-state index in [9.17, 15) is 8.42 Å². The lowest BCUT2D eigenvalue weighted by Crippen LogP contribution is -2.44. The summed E-state index contributed by atoms with van der Waals surface area (Å²) in [6, 6.07) is 7.45. The number of nitrogens with one attached hydrogen (secondary N) is 1. The Morgan fingerprint density at radius 1 is 1.24 bits per heavy atom. The number of aryl methyl sites for hydroxylation is 1. The molecule has 0 aromatic heterocycles. The van der Waals surface area contributed by atoms with Crippen LogP contribution in [0.25, 0.3) is 0 Å². The van der Waals surface area contributed by atoms with Crippen LogP contribution < -0.4 is 5.32 Å². The van der Waals surface area contributed by atoms with Gasteiger partial charge in [0.1, 0.15) is 0 Å². The van der Waals surface area contributed by atoms with Gasteiger partial charge in [-0.15, -0.1) is 0 Å². The van der Waals surface area contributed by atoms with E-state index in [2.05, 4.69) is 12.2 Å². The minimum atomic E-state index is -3.36. The lowest BCUT2D eigenvalue weighted by atomic mass is 10.0. The SMILES string of the molecule is CCc1ccc(S(=O)(=O)N2CCCCC2CCNC)cc1. The molecule has 21 heavy (non-hydrogen) atoms.